The molecule has 0 radical (unpaired) electrons. The average molecular weight is 429 g/mol. The molecule has 0 aliphatic carbocycles. The first-order valence-electron chi connectivity index (χ1n) is 9.63. The molecule has 0 bridgehead atoms. The molecule has 0 unspecified atom stereocenters. The predicted molar refractivity (Wildman–Crippen MR) is 118 cm³/mol. The first-order valence-corrected chi connectivity index (χ1v) is 10.0. The number of anilines is 1. The fraction of sp³-hybridized carbons (Fsp3) is 0.304. The molecule has 6 nitrogen and oxygen atoms in total. The van der Waals surface area contributed by atoms with Crippen LogP contribution in [0.5, 0.6) is 11.5 Å². The van der Waals surface area contributed by atoms with Crippen LogP contribution in [-0.2, 0) is 9.59 Å². The fourth-order valence-corrected chi connectivity index (χ4v) is 3.53. The largest absolute Gasteiger partial charge is 0.493 e. The number of ether oxygens (including phenoxy) is 2. The molecule has 0 saturated carbocycles. The average Bonchev–Trinajstić information content (AvgIpc) is 2.94. The number of hydrogen-bond donors (Lipinski definition) is 1. The maximum Gasteiger partial charge on any atom is 0.278 e. The Kier molecular flexibility index (Phi) is 6.37. The number of methoxy groups -OCH3 is 2. The predicted octanol–water partition coefficient (Wildman–Crippen LogP) is 4.51. The van der Waals surface area contributed by atoms with Gasteiger partial charge in [-0.15, -0.1) is 0 Å². The number of rotatable bonds is 7. The van der Waals surface area contributed by atoms with Crippen LogP contribution in [0.4, 0.5) is 5.69 Å². The van der Waals surface area contributed by atoms with Gasteiger partial charge in [0, 0.05) is 17.3 Å². The molecule has 158 valence electrons. The van der Waals surface area contributed by atoms with Crippen LogP contribution in [0.3, 0.4) is 0 Å². The summed E-state index contributed by atoms with van der Waals surface area (Å²) in [4.78, 5) is 27.8. The van der Waals surface area contributed by atoms with Crippen LogP contribution in [0.1, 0.15) is 25.0 Å². The molecule has 30 heavy (non-hydrogen) atoms. The lowest BCUT2D eigenvalue weighted by Crippen LogP contribution is -2.35. The van der Waals surface area contributed by atoms with Crippen LogP contribution in [0.2, 0.25) is 5.02 Å². The summed E-state index contributed by atoms with van der Waals surface area (Å²) in [5.74, 6) is 0.443. The molecule has 2 amide bonds. The van der Waals surface area contributed by atoms with Gasteiger partial charge in [-0.25, -0.2) is 0 Å². The minimum Gasteiger partial charge on any atom is -0.493 e. The van der Waals surface area contributed by atoms with Crippen LogP contribution in [0.25, 0.3) is 5.57 Å². The highest BCUT2D eigenvalue weighted by Crippen LogP contribution is 2.36. The Morgan fingerprint density at radius 1 is 1.03 bits per heavy atom. The topological polar surface area (TPSA) is 67.9 Å². The minimum absolute atomic E-state index is 0.136. The molecule has 1 aliphatic heterocycles. The van der Waals surface area contributed by atoms with E-state index in [0.717, 1.165) is 5.56 Å². The van der Waals surface area contributed by atoms with Crippen LogP contribution >= 0.6 is 11.6 Å². The van der Waals surface area contributed by atoms with Crippen molar-refractivity contribution in [3.63, 3.8) is 0 Å². The van der Waals surface area contributed by atoms with E-state index >= 15 is 0 Å². The number of carbonyl (C=O) groups is 2. The van der Waals surface area contributed by atoms with Gasteiger partial charge in [0.15, 0.2) is 11.5 Å². The van der Waals surface area contributed by atoms with Crippen LogP contribution < -0.4 is 14.8 Å². The van der Waals surface area contributed by atoms with Gasteiger partial charge in [-0.3, -0.25) is 14.5 Å². The molecule has 1 aliphatic rings. The van der Waals surface area contributed by atoms with Crippen LogP contribution in [-0.4, -0.2) is 37.5 Å². The molecule has 2 aromatic carbocycles. The van der Waals surface area contributed by atoms with Crippen molar-refractivity contribution in [3.05, 3.63) is 58.2 Å². The highest BCUT2D eigenvalue weighted by Gasteiger charge is 2.39. The first kappa shape index (κ1) is 21.7. The standard InChI is InChI=1S/C23H25ClN2O4/c1-13(2)12-26-22(27)20(15-9-10-18(29-4)19(11-15)30-5)21(23(26)28)25-17-8-6-7-16(24)14(17)3/h6-11,13,25H,12H2,1-5H3. The highest BCUT2D eigenvalue weighted by molar-refractivity contribution is 6.37. The molecule has 7 heteroatoms. The van der Waals surface area contributed by atoms with Crippen molar-refractivity contribution in [2.24, 2.45) is 5.92 Å². The summed E-state index contributed by atoms with van der Waals surface area (Å²) in [6, 6.07) is 10.5. The third kappa shape index (κ3) is 4.00. The lowest BCUT2D eigenvalue weighted by Gasteiger charge is -2.17. The van der Waals surface area contributed by atoms with Gasteiger partial charge in [0.25, 0.3) is 11.8 Å². The number of nitrogens with zero attached hydrogens (tertiary/aromatic N) is 1. The number of nitrogens with one attached hydrogen (secondary N) is 1. The summed E-state index contributed by atoms with van der Waals surface area (Å²) in [6.45, 7) is 6.11. The number of halogens is 1. The van der Waals surface area contributed by atoms with Crippen molar-refractivity contribution >= 4 is 34.7 Å². The molecule has 0 spiro atoms. The molecule has 0 atom stereocenters. The summed E-state index contributed by atoms with van der Waals surface area (Å²) < 4.78 is 10.7. The van der Waals surface area contributed by atoms with E-state index in [4.69, 9.17) is 21.1 Å². The molecule has 0 aromatic heterocycles. The third-order valence-electron chi connectivity index (χ3n) is 4.92. The van der Waals surface area contributed by atoms with Gasteiger partial charge in [0.2, 0.25) is 0 Å². The number of imide groups is 1. The zero-order valence-electron chi connectivity index (χ0n) is 17.7. The van der Waals surface area contributed by atoms with E-state index in [-0.39, 0.29) is 23.4 Å². The Balaban J connectivity index is 2.15. The Morgan fingerprint density at radius 2 is 1.73 bits per heavy atom. The Morgan fingerprint density at radius 3 is 2.37 bits per heavy atom. The molecule has 2 aromatic rings. The molecular formula is C23H25ClN2O4. The number of amides is 2. The van der Waals surface area contributed by atoms with Gasteiger partial charge in [-0.05, 0) is 48.2 Å². The van der Waals surface area contributed by atoms with Crippen molar-refractivity contribution in [1.29, 1.82) is 0 Å². The van der Waals surface area contributed by atoms with Gasteiger partial charge in [-0.1, -0.05) is 37.6 Å². The van der Waals surface area contributed by atoms with Gasteiger partial charge >= 0.3 is 0 Å². The molecule has 1 N–H and O–H groups in total. The lowest BCUT2D eigenvalue weighted by molar-refractivity contribution is -0.137. The molecule has 0 fully saturated rings. The number of carbonyl (C=O) groups excluding carboxylic acids is 2. The van der Waals surface area contributed by atoms with E-state index in [1.807, 2.05) is 26.8 Å². The third-order valence-corrected chi connectivity index (χ3v) is 5.32. The first-order chi connectivity index (χ1) is 14.3. The molecule has 1 heterocycles. The van der Waals surface area contributed by atoms with Crippen molar-refractivity contribution in [3.8, 4) is 11.5 Å². The quantitative estimate of drug-likeness (QED) is 0.657. The second-order valence-electron chi connectivity index (χ2n) is 7.47. The molecule has 0 saturated heterocycles. The monoisotopic (exact) mass is 428 g/mol. The summed E-state index contributed by atoms with van der Waals surface area (Å²) in [5, 5.41) is 3.73. The van der Waals surface area contributed by atoms with Gasteiger partial charge in [0.05, 0.1) is 19.8 Å². The SMILES string of the molecule is COc1ccc(C2=C(Nc3cccc(Cl)c3C)C(=O)N(CC(C)C)C2=O)cc1OC. The maximum atomic E-state index is 13.3. The van der Waals surface area contributed by atoms with E-state index in [9.17, 15) is 9.59 Å². The van der Waals surface area contributed by atoms with E-state index in [2.05, 4.69) is 5.32 Å². The van der Waals surface area contributed by atoms with Crippen molar-refractivity contribution in [2.45, 2.75) is 20.8 Å². The molecular weight excluding hydrogens is 404 g/mol. The van der Waals surface area contributed by atoms with E-state index < -0.39 is 0 Å². The number of hydrogen-bond acceptors (Lipinski definition) is 5. The zero-order valence-corrected chi connectivity index (χ0v) is 18.5. The summed E-state index contributed by atoms with van der Waals surface area (Å²) in [5.41, 5.74) is 2.54. The van der Waals surface area contributed by atoms with E-state index in [0.29, 0.717) is 39.9 Å². The van der Waals surface area contributed by atoms with Crippen molar-refractivity contribution in [2.75, 3.05) is 26.1 Å². The summed E-state index contributed by atoms with van der Waals surface area (Å²) in [7, 11) is 3.07. The fourth-order valence-electron chi connectivity index (χ4n) is 3.36. The van der Waals surface area contributed by atoms with Crippen molar-refractivity contribution in [1.82, 2.24) is 4.90 Å². The normalized spacial score (nSPS) is 14.0. The van der Waals surface area contributed by atoms with Gasteiger partial charge < -0.3 is 14.8 Å². The van der Waals surface area contributed by atoms with E-state index in [1.54, 1.807) is 37.4 Å². The number of benzene rings is 2. The summed E-state index contributed by atoms with van der Waals surface area (Å²) >= 11 is 6.24. The minimum atomic E-state index is -0.363. The van der Waals surface area contributed by atoms with Gasteiger partial charge in [-0.2, -0.15) is 0 Å². The second kappa shape index (κ2) is 8.79. The lowest BCUT2D eigenvalue weighted by atomic mass is 10.0. The van der Waals surface area contributed by atoms with Crippen LogP contribution in [0.15, 0.2) is 42.1 Å². The Labute approximate surface area is 181 Å². The smallest absolute Gasteiger partial charge is 0.278 e. The zero-order chi connectivity index (χ0) is 22.0. The maximum absolute atomic E-state index is 13.3. The summed E-state index contributed by atoms with van der Waals surface area (Å²) in [6.07, 6.45) is 0. The Hall–Kier alpha value is -2.99. The highest BCUT2D eigenvalue weighted by atomic mass is 35.5. The van der Waals surface area contributed by atoms with Gasteiger partial charge in [0.1, 0.15) is 5.70 Å². The molecule has 3 rings (SSSR count). The van der Waals surface area contributed by atoms with Crippen molar-refractivity contribution < 1.29 is 19.1 Å². The Bertz CT molecular complexity index is 1030. The van der Waals surface area contributed by atoms with Crippen LogP contribution in [0, 0.1) is 12.8 Å². The van der Waals surface area contributed by atoms with E-state index in [1.165, 1.54) is 12.0 Å². The second-order valence-corrected chi connectivity index (χ2v) is 7.88.